The molecule has 130 valence electrons. The highest BCUT2D eigenvalue weighted by atomic mass is 16.5. The molecule has 2 amide bonds. The second-order valence-corrected chi connectivity index (χ2v) is 7.13. The monoisotopic (exact) mass is 320 g/mol. The maximum atomic E-state index is 11.8. The predicted molar refractivity (Wildman–Crippen MR) is 97.2 cm³/mol. The van der Waals surface area contributed by atoms with Crippen molar-refractivity contribution >= 4 is 11.7 Å². The van der Waals surface area contributed by atoms with Gasteiger partial charge in [0.15, 0.2) is 0 Å². The van der Waals surface area contributed by atoms with Gasteiger partial charge in [-0.25, -0.2) is 4.79 Å². The number of nitrogens with one attached hydrogen (secondary N) is 2. The third-order valence-corrected chi connectivity index (χ3v) is 3.54. The molecule has 0 aliphatic rings. The number of amides is 2. The first kappa shape index (κ1) is 19.3. The number of urea groups is 1. The molecule has 0 bridgehead atoms. The topological polar surface area (TPSA) is 50.4 Å². The highest BCUT2D eigenvalue weighted by Crippen LogP contribution is 2.18. The highest BCUT2D eigenvalue weighted by Gasteiger charge is 2.10. The molecule has 0 aliphatic carbocycles. The van der Waals surface area contributed by atoms with Crippen molar-refractivity contribution in [2.24, 2.45) is 5.41 Å². The van der Waals surface area contributed by atoms with Crippen LogP contribution >= 0.6 is 0 Å². The van der Waals surface area contributed by atoms with Gasteiger partial charge >= 0.3 is 6.03 Å². The van der Waals surface area contributed by atoms with Crippen LogP contribution in [0, 0.1) is 5.41 Å². The lowest BCUT2D eigenvalue weighted by Gasteiger charge is -2.18. The van der Waals surface area contributed by atoms with Crippen LogP contribution in [0.25, 0.3) is 0 Å². The molecule has 0 unspecified atom stereocenters. The summed E-state index contributed by atoms with van der Waals surface area (Å²) in [6, 6.07) is 7.35. The van der Waals surface area contributed by atoms with Crippen LogP contribution in [0.15, 0.2) is 24.3 Å². The number of anilines is 1. The van der Waals surface area contributed by atoms with Gasteiger partial charge in [0.1, 0.15) is 5.75 Å². The minimum absolute atomic E-state index is 0.164. The van der Waals surface area contributed by atoms with Gasteiger partial charge < -0.3 is 15.4 Å². The molecular formula is C19H32N2O2. The maximum absolute atomic E-state index is 11.8. The number of carbonyl (C=O) groups excluding carboxylic acids is 1. The number of ether oxygens (including phenoxy) is 1. The Hall–Kier alpha value is -1.71. The second-order valence-electron chi connectivity index (χ2n) is 7.13. The lowest BCUT2D eigenvalue weighted by molar-refractivity contribution is 0.250. The molecule has 0 aromatic heterocycles. The summed E-state index contributed by atoms with van der Waals surface area (Å²) in [4.78, 5) is 11.8. The Morgan fingerprint density at radius 3 is 2.39 bits per heavy atom. The summed E-state index contributed by atoms with van der Waals surface area (Å²) in [7, 11) is 0. The number of unbranched alkanes of at least 4 members (excludes halogenated alkanes) is 3. The Morgan fingerprint density at radius 2 is 1.78 bits per heavy atom. The Balaban J connectivity index is 2.26. The molecule has 1 aromatic rings. The van der Waals surface area contributed by atoms with E-state index in [-0.39, 0.29) is 11.4 Å². The number of hydrogen-bond acceptors (Lipinski definition) is 2. The quantitative estimate of drug-likeness (QED) is 0.614. The molecule has 0 radical (unpaired) electrons. The number of benzene rings is 1. The first-order chi connectivity index (χ1) is 10.9. The Morgan fingerprint density at radius 1 is 1.09 bits per heavy atom. The summed E-state index contributed by atoms with van der Waals surface area (Å²) in [5.41, 5.74) is 1.00. The van der Waals surface area contributed by atoms with Gasteiger partial charge in [-0.3, -0.25) is 0 Å². The summed E-state index contributed by atoms with van der Waals surface area (Å²) in [6.45, 7) is 10.1. The SMILES string of the molecule is CCCCCCOc1ccc(NC(=O)NCCC(C)(C)C)cc1. The van der Waals surface area contributed by atoms with E-state index in [1.807, 2.05) is 24.3 Å². The maximum Gasteiger partial charge on any atom is 0.319 e. The molecule has 4 nitrogen and oxygen atoms in total. The van der Waals surface area contributed by atoms with E-state index in [0.717, 1.165) is 30.9 Å². The zero-order chi connectivity index (χ0) is 17.1. The van der Waals surface area contributed by atoms with Crippen LogP contribution in [0.3, 0.4) is 0 Å². The van der Waals surface area contributed by atoms with Crippen molar-refractivity contribution in [3.05, 3.63) is 24.3 Å². The molecule has 0 fully saturated rings. The summed E-state index contributed by atoms with van der Waals surface area (Å²) < 4.78 is 5.69. The Kier molecular flexibility index (Phi) is 8.52. The van der Waals surface area contributed by atoms with Crippen molar-refractivity contribution in [2.45, 2.75) is 59.8 Å². The first-order valence-electron chi connectivity index (χ1n) is 8.68. The van der Waals surface area contributed by atoms with E-state index in [9.17, 15) is 4.79 Å². The van der Waals surface area contributed by atoms with Crippen LogP contribution in [-0.2, 0) is 0 Å². The van der Waals surface area contributed by atoms with Gasteiger partial charge in [-0.2, -0.15) is 0 Å². The van der Waals surface area contributed by atoms with Crippen LogP contribution in [0.5, 0.6) is 5.75 Å². The number of hydrogen-bond donors (Lipinski definition) is 2. The lowest BCUT2D eigenvalue weighted by atomic mass is 9.92. The molecule has 23 heavy (non-hydrogen) atoms. The minimum atomic E-state index is -0.164. The van der Waals surface area contributed by atoms with Gasteiger partial charge in [0.25, 0.3) is 0 Å². The van der Waals surface area contributed by atoms with Crippen molar-refractivity contribution in [2.75, 3.05) is 18.5 Å². The zero-order valence-corrected chi connectivity index (χ0v) is 15.1. The fourth-order valence-electron chi connectivity index (χ4n) is 2.08. The van der Waals surface area contributed by atoms with Crippen molar-refractivity contribution in [1.82, 2.24) is 5.32 Å². The molecule has 0 spiro atoms. The van der Waals surface area contributed by atoms with Crippen LogP contribution in [0.1, 0.15) is 59.8 Å². The van der Waals surface area contributed by atoms with Crippen molar-refractivity contribution in [1.29, 1.82) is 0 Å². The standard InChI is InChI=1S/C19H32N2O2/c1-5-6-7-8-15-23-17-11-9-16(10-12-17)21-18(22)20-14-13-19(2,3)4/h9-12H,5-8,13-15H2,1-4H3,(H2,20,21,22). The van der Waals surface area contributed by atoms with Crippen molar-refractivity contribution in [3.63, 3.8) is 0 Å². The van der Waals surface area contributed by atoms with Gasteiger partial charge in [-0.1, -0.05) is 47.0 Å². The predicted octanol–water partition coefficient (Wildman–Crippen LogP) is 5.20. The van der Waals surface area contributed by atoms with E-state index in [4.69, 9.17) is 4.74 Å². The molecule has 0 aliphatic heterocycles. The molecule has 2 N–H and O–H groups in total. The van der Waals surface area contributed by atoms with Crippen LogP contribution in [0.2, 0.25) is 0 Å². The lowest BCUT2D eigenvalue weighted by Crippen LogP contribution is -2.31. The smallest absolute Gasteiger partial charge is 0.319 e. The van der Waals surface area contributed by atoms with E-state index in [1.165, 1.54) is 19.3 Å². The number of rotatable bonds is 9. The molecule has 0 saturated heterocycles. The average molecular weight is 320 g/mol. The summed E-state index contributed by atoms with van der Waals surface area (Å²) in [6.07, 6.45) is 5.74. The highest BCUT2D eigenvalue weighted by molar-refractivity contribution is 5.89. The van der Waals surface area contributed by atoms with Crippen molar-refractivity contribution in [3.8, 4) is 5.75 Å². The minimum Gasteiger partial charge on any atom is -0.494 e. The third-order valence-electron chi connectivity index (χ3n) is 3.54. The summed E-state index contributed by atoms with van der Waals surface area (Å²) in [5.74, 6) is 0.847. The molecule has 0 saturated carbocycles. The van der Waals surface area contributed by atoms with Gasteiger partial charge in [0.05, 0.1) is 6.61 Å². The van der Waals surface area contributed by atoms with Gasteiger partial charge in [-0.05, 0) is 42.5 Å². The molecular weight excluding hydrogens is 288 g/mol. The number of carbonyl (C=O) groups is 1. The summed E-state index contributed by atoms with van der Waals surface area (Å²) in [5, 5.41) is 5.71. The van der Waals surface area contributed by atoms with Crippen LogP contribution in [-0.4, -0.2) is 19.2 Å². The van der Waals surface area contributed by atoms with E-state index in [2.05, 4.69) is 38.3 Å². The Labute approximate surface area is 141 Å². The molecule has 4 heteroatoms. The summed E-state index contributed by atoms with van der Waals surface area (Å²) >= 11 is 0. The van der Waals surface area contributed by atoms with E-state index >= 15 is 0 Å². The normalized spacial score (nSPS) is 11.1. The van der Waals surface area contributed by atoms with E-state index in [0.29, 0.717) is 6.54 Å². The molecule has 0 heterocycles. The Bertz CT molecular complexity index is 449. The van der Waals surface area contributed by atoms with Crippen LogP contribution < -0.4 is 15.4 Å². The fourth-order valence-corrected chi connectivity index (χ4v) is 2.08. The van der Waals surface area contributed by atoms with Gasteiger partial charge in [0, 0.05) is 12.2 Å². The molecule has 1 aromatic carbocycles. The average Bonchev–Trinajstić information content (AvgIpc) is 2.47. The second kappa shape index (κ2) is 10.1. The third kappa shape index (κ3) is 9.82. The molecule has 1 rings (SSSR count). The zero-order valence-electron chi connectivity index (χ0n) is 15.1. The van der Waals surface area contributed by atoms with Crippen molar-refractivity contribution < 1.29 is 9.53 Å². The molecule has 0 atom stereocenters. The van der Waals surface area contributed by atoms with Gasteiger partial charge in [0.2, 0.25) is 0 Å². The van der Waals surface area contributed by atoms with E-state index < -0.39 is 0 Å². The largest absolute Gasteiger partial charge is 0.494 e. The fraction of sp³-hybridized carbons (Fsp3) is 0.632. The van der Waals surface area contributed by atoms with E-state index in [1.54, 1.807) is 0 Å². The van der Waals surface area contributed by atoms with Crippen LogP contribution in [0.4, 0.5) is 10.5 Å². The van der Waals surface area contributed by atoms with Gasteiger partial charge in [-0.15, -0.1) is 0 Å². The first-order valence-corrected chi connectivity index (χ1v) is 8.68.